The van der Waals surface area contributed by atoms with Crippen LogP contribution in [0.25, 0.3) is 10.9 Å². The standard InChI is InChI=1S/C23H23N5O3/c1-14-6-7-20(16-8-15-4-2-3-5-19(15)26-11-16)28(13-14)23(31)22(30)27-18-9-17(21(24)29)10-25-12-18/h2-5,8-12,14,20H,6-7,13H2,1H3,(H2,24,29)(H,27,30)/t14-,20+/m1/s1. The summed E-state index contributed by atoms with van der Waals surface area (Å²) in [5, 5.41) is 3.53. The third-order valence-electron chi connectivity index (χ3n) is 5.55. The molecule has 1 aromatic carbocycles. The Kier molecular flexibility index (Phi) is 5.62. The van der Waals surface area contributed by atoms with Gasteiger partial charge >= 0.3 is 11.8 Å². The fourth-order valence-corrected chi connectivity index (χ4v) is 3.95. The van der Waals surface area contributed by atoms with Crippen molar-refractivity contribution in [3.63, 3.8) is 0 Å². The zero-order valence-corrected chi connectivity index (χ0v) is 17.1. The number of pyridine rings is 2. The van der Waals surface area contributed by atoms with Gasteiger partial charge in [-0.1, -0.05) is 25.1 Å². The Hall–Kier alpha value is -3.81. The number of piperidine rings is 1. The van der Waals surface area contributed by atoms with Crippen molar-refractivity contribution < 1.29 is 14.4 Å². The summed E-state index contributed by atoms with van der Waals surface area (Å²) in [4.78, 5) is 47.2. The number of hydrogen-bond donors (Lipinski definition) is 2. The monoisotopic (exact) mass is 417 g/mol. The minimum Gasteiger partial charge on any atom is -0.366 e. The average Bonchev–Trinajstić information content (AvgIpc) is 2.78. The van der Waals surface area contributed by atoms with Crippen LogP contribution in [0, 0.1) is 5.92 Å². The third kappa shape index (κ3) is 4.37. The van der Waals surface area contributed by atoms with E-state index in [1.54, 1.807) is 11.1 Å². The van der Waals surface area contributed by atoms with Crippen molar-refractivity contribution in [1.29, 1.82) is 0 Å². The summed E-state index contributed by atoms with van der Waals surface area (Å²) in [6.07, 6.45) is 6.14. The average molecular weight is 417 g/mol. The van der Waals surface area contributed by atoms with Crippen molar-refractivity contribution in [2.75, 3.05) is 11.9 Å². The molecule has 1 aliphatic rings. The van der Waals surface area contributed by atoms with Gasteiger partial charge < -0.3 is 16.0 Å². The molecule has 2 aromatic heterocycles. The summed E-state index contributed by atoms with van der Waals surface area (Å²) in [6, 6.07) is 11.0. The number of rotatable bonds is 3. The molecule has 3 amide bonds. The van der Waals surface area contributed by atoms with Gasteiger partial charge in [0.2, 0.25) is 5.91 Å². The number of benzene rings is 1. The Labute approximate surface area is 179 Å². The molecule has 31 heavy (non-hydrogen) atoms. The second-order valence-corrected chi connectivity index (χ2v) is 7.90. The van der Waals surface area contributed by atoms with Gasteiger partial charge in [0.05, 0.1) is 29.0 Å². The number of nitrogens with one attached hydrogen (secondary N) is 1. The molecular weight excluding hydrogens is 394 g/mol. The fourth-order valence-electron chi connectivity index (χ4n) is 3.95. The number of anilines is 1. The highest BCUT2D eigenvalue weighted by Crippen LogP contribution is 2.34. The van der Waals surface area contributed by atoms with E-state index in [0.717, 1.165) is 29.3 Å². The van der Waals surface area contributed by atoms with Crippen molar-refractivity contribution in [3.8, 4) is 0 Å². The lowest BCUT2D eigenvalue weighted by molar-refractivity contribution is -0.146. The van der Waals surface area contributed by atoms with Crippen LogP contribution >= 0.6 is 0 Å². The normalized spacial score (nSPS) is 18.5. The van der Waals surface area contributed by atoms with E-state index < -0.39 is 17.7 Å². The molecule has 0 spiro atoms. The van der Waals surface area contributed by atoms with Crippen LogP contribution in [0.2, 0.25) is 0 Å². The van der Waals surface area contributed by atoms with Crippen LogP contribution in [0.1, 0.15) is 41.7 Å². The molecule has 4 rings (SSSR count). The summed E-state index contributed by atoms with van der Waals surface area (Å²) in [6.45, 7) is 2.54. The van der Waals surface area contributed by atoms with Gasteiger partial charge in [-0.05, 0) is 42.5 Å². The van der Waals surface area contributed by atoms with Crippen LogP contribution in [0.4, 0.5) is 5.69 Å². The van der Waals surface area contributed by atoms with Crippen molar-refractivity contribution in [1.82, 2.24) is 14.9 Å². The maximum absolute atomic E-state index is 13.1. The Bertz CT molecular complexity index is 1160. The Morgan fingerprint density at radius 3 is 2.71 bits per heavy atom. The van der Waals surface area contributed by atoms with E-state index in [-0.39, 0.29) is 23.2 Å². The number of aromatic nitrogens is 2. The molecule has 1 fully saturated rings. The molecule has 1 saturated heterocycles. The number of nitrogens with two attached hydrogens (primary N) is 1. The number of nitrogens with zero attached hydrogens (tertiary/aromatic N) is 3. The number of likely N-dealkylation sites (tertiary alicyclic amines) is 1. The van der Waals surface area contributed by atoms with E-state index in [2.05, 4.69) is 22.2 Å². The molecule has 3 N–H and O–H groups in total. The van der Waals surface area contributed by atoms with Gasteiger partial charge in [0, 0.05) is 24.3 Å². The largest absolute Gasteiger partial charge is 0.366 e. The summed E-state index contributed by atoms with van der Waals surface area (Å²) >= 11 is 0. The number of hydrogen-bond acceptors (Lipinski definition) is 5. The Morgan fingerprint density at radius 1 is 1.10 bits per heavy atom. The highest BCUT2D eigenvalue weighted by Gasteiger charge is 2.34. The molecule has 3 heterocycles. The van der Waals surface area contributed by atoms with E-state index in [9.17, 15) is 14.4 Å². The van der Waals surface area contributed by atoms with Crippen LogP contribution in [0.15, 0.2) is 55.0 Å². The first kappa shape index (κ1) is 20.5. The summed E-state index contributed by atoms with van der Waals surface area (Å²) in [5.74, 6) is -1.80. The lowest BCUT2D eigenvalue weighted by Gasteiger charge is -2.38. The highest BCUT2D eigenvalue weighted by atomic mass is 16.2. The molecule has 0 bridgehead atoms. The van der Waals surface area contributed by atoms with Gasteiger partial charge in [-0.25, -0.2) is 0 Å². The molecule has 0 radical (unpaired) electrons. The van der Waals surface area contributed by atoms with Gasteiger partial charge in [-0.2, -0.15) is 0 Å². The van der Waals surface area contributed by atoms with Crippen LogP contribution in [0.5, 0.6) is 0 Å². The number of amides is 3. The minimum atomic E-state index is -0.781. The first-order valence-electron chi connectivity index (χ1n) is 10.1. The topological polar surface area (TPSA) is 118 Å². The number of carbonyl (C=O) groups excluding carboxylic acids is 3. The molecule has 2 atom stereocenters. The number of carbonyl (C=O) groups is 3. The van der Waals surface area contributed by atoms with Crippen LogP contribution in [0.3, 0.4) is 0 Å². The first-order valence-corrected chi connectivity index (χ1v) is 10.1. The SMILES string of the molecule is C[C@@H]1CC[C@@H](c2cnc3ccccc3c2)N(C(=O)C(=O)Nc2cncc(C(N)=O)c2)C1. The predicted molar refractivity (Wildman–Crippen MR) is 116 cm³/mol. The van der Waals surface area contributed by atoms with Gasteiger partial charge in [0.1, 0.15) is 0 Å². The van der Waals surface area contributed by atoms with Crippen molar-refractivity contribution in [2.24, 2.45) is 11.7 Å². The van der Waals surface area contributed by atoms with Crippen molar-refractivity contribution in [3.05, 3.63) is 66.1 Å². The van der Waals surface area contributed by atoms with E-state index in [1.165, 1.54) is 18.5 Å². The Morgan fingerprint density at radius 2 is 1.90 bits per heavy atom. The van der Waals surface area contributed by atoms with Crippen molar-refractivity contribution in [2.45, 2.75) is 25.8 Å². The summed E-state index contributed by atoms with van der Waals surface area (Å²) in [7, 11) is 0. The van der Waals surface area contributed by atoms with E-state index in [4.69, 9.17) is 5.73 Å². The lowest BCUT2D eigenvalue weighted by Crippen LogP contribution is -2.46. The quantitative estimate of drug-likeness (QED) is 0.635. The van der Waals surface area contributed by atoms with E-state index in [1.807, 2.05) is 30.3 Å². The molecular formula is C23H23N5O3. The fraction of sp³-hybridized carbons (Fsp3) is 0.261. The third-order valence-corrected chi connectivity index (χ3v) is 5.55. The molecule has 158 valence electrons. The second-order valence-electron chi connectivity index (χ2n) is 7.90. The number of primary amides is 1. The minimum absolute atomic E-state index is 0.150. The summed E-state index contributed by atoms with van der Waals surface area (Å²) < 4.78 is 0. The lowest BCUT2D eigenvalue weighted by atomic mass is 9.90. The molecule has 0 aliphatic carbocycles. The molecule has 0 saturated carbocycles. The van der Waals surface area contributed by atoms with Crippen molar-refractivity contribution >= 4 is 34.3 Å². The maximum atomic E-state index is 13.1. The van der Waals surface area contributed by atoms with Crippen LogP contribution in [-0.4, -0.2) is 39.1 Å². The van der Waals surface area contributed by atoms with Gasteiger partial charge in [-0.15, -0.1) is 0 Å². The zero-order chi connectivity index (χ0) is 22.0. The zero-order valence-electron chi connectivity index (χ0n) is 17.1. The van der Waals surface area contributed by atoms with E-state index >= 15 is 0 Å². The number of fused-ring (bicyclic) bond motifs is 1. The second kappa shape index (κ2) is 8.51. The number of para-hydroxylation sites is 1. The summed E-state index contributed by atoms with van der Waals surface area (Å²) in [5.41, 5.74) is 7.43. The van der Waals surface area contributed by atoms with Gasteiger partial charge in [0.15, 0.2) is 0 Å². The highest BCUT2D eigenvalue weighted by molar-refractivity contribution is 6.39. The predicted octanol–water partition coefficient (Wildman–Crippen LogP) is 2.67. The molecule has 1 aliphatic heterocycles. The molecule has 8 heteroatoms. The first-order chi connectivity index (χ1) is 14.9. The van der Waals surface area contributed by atoms with Crippen LogP contribution in [-0.2, 0) is 9.59 Å². The maximum Gasteiger partial charge on any atom is 0.313 e. The van der Waals surface area contributed by atoms with E-state index in [0.29, 0.717) is 6.54 Å². The smallest absolute Gasteiger partial charge is 0.313 e. The van der Waals surface area contributed by atoms with Gasteiger partial charge in [-0.3, -0.25) is 24.4 Å². The molecule has 0 unspecified atom stereocenters. The van der Waals surface area contributed by atoms with Gasteiger partial charge in [0.25, 0.3) is 0 Å². The molecule has 3 aromatic rings. The van der Waals surface area contributed by atoms with Crippen LogP contribution < -0.4 is 11.1 Å². The Balaban J connectivity index is 1.58. The molecule has 8 nitrogen and oxygen atoms in total.